The molecule has 1 unspecified atom stereocenters. The summed E-state index contributed by atoms with van der Waals surface area (Å²) in [6.45, 7) is 7.82. The molecule has 0 spiro atoms. The minimum Gasteiger partial charge on any atom is -0.382 e. The number of carbonyl (C=O) groups is 2. The zero-order valence-corrected chi connectivity index (χ0v) is 22.3. The maximum atomic E-state index is 12.8. The Balaban J connectivity index is 1.62. The van der Waals surface area contributed by atoms with Gasteiger partial charge >= 0.3 is 6.18 Å². The van der Waals surface area contributed by atoms with Crippen molar-refractivity contribution in [1.82, 2.24) is 24.6 Å². The highest BCUT2D eigenvalue weighted by atomic mass is 19.4. The first kappa shape index (κ1) is 29.2. The number of allylic oxidation sites excluding steroid dienone is 1. The molecule has 0 radical (unpaired) electrons. The molecule has 9 nitrogen and oxygen atoms in total. The van der Waals surface area contributed by atoms with E-state index in [0.717, 1.165) is 31.5 Å². The highest BCUT2D eigenvalue weighted by molar-refractivity contribution is 6.07. The fraction of sp³-hybridized carbons (Fsp3) is 0.276. The number of hydrogen-bond donors (Lipinski definition) is 2. The van der Waals surface area contributed by atoms with Gasteiger partial charge in [0.15, 0.2) is 0 Å². The first-order valence-electron chi connectivity index (χ1n) is 13.0. The number of imidazole rings is 1. The van der Waals surface area contributed by atoms with E-state index >= 15 is 0 Å². The first-order chi connectivity index (χ1) is 19.6. The number of nitrogens with one attached hydrogen (secondary N) is 1. The molecule has 1 fully saturated rings. The molecular weight excluding hydrogens is 535 g/mol. The Morgan fingerprint density at radius 3 is 2.63 bits per heavy atom. The molecule has 0 aliphatic carbocycles. The van der Waals surface area contributed by atoms with Gasteiger partial charge in [-0.3, -0.25) is 14.0 Å². The van der Waals surface area contributed by atoms with Crippen molar-refractivity contribution < 1.29 is 22.8 Å². The Hall–Kier alpha value is -4.74. The van der Waals surface area contributed by atoms with Gasteiger partial charge in [-0.2, -0.15) is 13.2 Å². The molecule has 214 valence electrons. The number of aromatic nitrogens is 3. The van der Waals surface area contributed by atoms with Crippen LogP contribution in [-0.2, 0) is 4.79 Å². The van der Waals surface area contributed by atoms with Gasteiger partial charge in [-0.15, -0.1) is 6.58 Å². The number of aliphatic imine (C=N–C) groups is 1. The summed E-state index contributed by atoms with van der Waals surface area (Å²) in [7, 11) is 0. The van der Waals surface area contributed by atoms with Crippen molar-refractivity contribution in [1.29, 1.82) is 0 Å². The predicted molar refractivity (Wildman–Crippen MR) is 151 cm³/mol. The van der Waals surface area contributed by atoms with Crippen LogP contribution in [0.5, 0.6) is 0 Å². The number of alkyl halides is 3. The summed E-state index contributed by atoms with van der Waals surface area (Å²) in [6.07, 6.45) is 5.26. The maximum absolute atomic E-state index is 12.8. The Morgan fingerprint density at radius 2 is 1.95 bits per heavy atom. The standard InChI is InChI=1S/C29H30F3N7O2/c1-3-8-22(34-15-7-14-29(30,31)32)36-28(41)20-12-10-19(11-13-20)24-25-26(33)35-16-18-39(25)27(37-24)21-9-5-6-17-38(21)23(40)4-2/h3-4,7,10-13,15-16,18,21H,1-2,5-6,8-9,14,17H2,(H2,33,35)(H,34,36,41)/b15-7-. The van der Waals surface area contributed by atoms with E-state index in [-0.39, 0.29) is 30.0 Å². The third-order valence-corrected chi connectivity index (χ3v) is 6.57. The predicted octanol–water partition coefficient (Wildman–Crippen LogP) is 5.39. The third kappa shape index (κ3) is 6.89. The van der Waals surface area contributed by atoms with Crippen LogP contribution < -0.4 is 11.1 Å². The second kappa shape index (κ2) is 12.6. The molecule has 41 heavy (non-hydrogen) atoms. The highest BCUT2D eigenvalue weighted by Gasteiger charge is 2.31. The van der Waals surface area contributed by atoms with Crippen LogP contribution in [0.3, 0.4) is 0 Å². The summed E-state index contributed by atoms with van der Waals surface area (Å²) >= 11 is 0. The first-order valence-corrected chi connectivity index (χ1v) is 13.0. The van der Waals surface area contributed by atoms with E-state index in [1.54, 1.807) is 41.6 Å². The van der Waals surface area contributed by atoms with Crippen LogP contribution in [0.15, 0.2) is 79.2 Å². The number of hydrogen-bond acceptors (Lipinski definition) is 6. The molecule has 0 saturated carbocycles. The molecule has 2 amide bonds. The monoisotopic (exact) mass is 565 g/mol. The van der Waals surface area contributed by atoms with Crippen molar-refractivity contribution in [2.45, 2.75) is 44.3 Å². The van der Waals surface area contributed by atoms with Gasteiger partial charge in [-0.05, 0) is 37.5 Å². The molecule has 3 heterocycles. The largest absolute Gasteiger partial charge is 0.392 e. The van der Waals surface area contributed by atoms with Crippen molar-refractivity contribution in [3.63, 3.8) is 0 Å². The summed E-state index contributed by atoms with van der Waals surface area (Å²) < 4.78 is 38.9. The zero-order valence-electron chi connectivity index (χ0n) is 22.3. The molecule has 3 N–H and O–H groups in total. The molecule has 1 aromatic carbocycles. The topological polar surface area (TPSA) is 118 Å². The number of nitrogen functional groups attached to an aromatic ring is 1. The van der Waals surface area contributed by atoms with E-state index in [0.29, 0.717) is 34.7 Å². The van der Waals surface area contributed by atoms with E-state index < -0.39 is 18.5 Å². The van der Waals surface area contributed by atoms with Gasteiger partial charge in [0.2, 0.25) is 5.91 Å². The van der Waals surface area contributed by atoms with E-state index in [9.17, 15) is 22.8 Å². The van der Waals surface area contributed by atoms with E-state index in [1.165, 1.54) is 12.2 Å². The van der Waals surface area contributed by atoms with Crippen LogP contribution >= 0.6 is 0 Å². The number of benzene rings is 1. The second-order valence-electron chi connectivity index (χ2n) is 9.40. The van der Waals surface area contributed by atoms with Crippen molar-refractivity contribution in [2.24, 2.45) is 4.99 Å². The lowest BCUT2D eigenvalue weighted by Crippen LogP contribution is -2.38. The molecule has 0 bridgehead atoms. The Bertz CT molecular complexity index is 1510. The van der Waals surface area contributed by atoms with Crippen molar-refractivity contribution in [3.8, 4) is 11.3 Å². The van der Waals surface area contributed by atoms with Gasteiger partial charge < -0.3 is 16.0 Å². The number of likely N-dealkylation sites (tertiary alicyclic amines) is 1. The SMILES string of the molecule is C=CC/C(=N\C=C/CC(F)(F)F)NC(=O)c1ccc(-c2nc(C3CCCCN3C(=O)C=C)n3ccnc(N)c23)cc1. The maximum Gasteiger partial charge on any atom is 0.392 e. The van der Waals surface area contributed by atoms with Gasteiger partial charge in [-0.1, -0.05) is 30.9 Å². The Morgan fingerprint density at radius 1 is 1.20 bits per heavy atom. The van der Waals surface area contributed by atoms with Crippen LogP contribution in [0.25, 0.3) is 16.8 Å². The van der Waals surface area contributed by atoms with Crippen LogP contribution in [0, 0.1) is 0 Å². The summed E-state index contributed by atoms with van der Waals surface area (Å²) in [5.41, 5.74) is 8.39. The van der Waals surface area contributed by atoms with Crippen LogP contribution in [0.2, 0.25) is 0 Å². The van der Waals surface area contributed by atoms with E-state index in [1.807, 2.05) is 4.40 Å². The van der Waals surface area contributed by atoms with Gasteiger partial charge in [0.1, 0.15) is 28.7 Å². The minimum atomic E-state index is -4.34. The Labute approximate surface area is 235 Å². The van der Waals surface area contributed by atoms with Crippen molar-refractivity contribution >= 4 is 29.0 Å². The number of nitrogens with two attached hydrogens (primary N) is 1. The summed E-state index contributed by atoms with van der Waals surface area (Å²) in [6, 6.07) is 6.36. The average molecular weight is 566 g/mol. The normalized spacial score (nSPS) is 16.2. The number of halogens is 3. The molecule has 12 heteroatoms. The Kier molecular flexibility index (Phi) is 9.00. The van der Waals surface area contributed by atoms with Gasteiger partial charge in [-0.25, -0.2) is 15.0 Å². The van der Waals surface area contributed by atoms with Gasteiger partial charge in [0.05, 0.1) is 12.5 Å². The molecule has 3 aromatic rings. The average Bonchev–Trinajstić information content (AvgIpc) is 3.35. The molecule has 1 saturated heterocycles. The molecule has 1 atom stereocenters. The number of rotatable bonds is 8. The van der Waals surface area contributed by atoms with Crippen molar-refractivity contribution in [2.75, 3.05) is 12.3 Å². The number of anilines is 1. The number of carbonyl (C=O) groups excluding carboxylic acids is 2. The summed E-state index contributed by atoms with van der Waals surface area (Å²) in [4.78, 5) is 40.3. The van der Waals surface area contributed by atoms with Crippen LogP contribution in [0.4, 0.5) is 19.0 Å². The third-order valence-electron chi connectivity index (χ3n) is 6.57. The zero-order chi connectivity index (χ0) is 29.6. The molecule has 1 aliphatic rings. The quantitative estimate of drug-likeness (QED) is 0.164. The number of amidine groups is 1. The minimum absolute atomic E-state index is 0.155. The van der Waals surface area contributed by atoms with Gasteiger partial charge in [0.25, 0.3) is 5.91 Å². The van der Waals surface area contributed by atoms with Gasteiger partial charge in [0, 0.05) is 42.7 Å². The molecule has 4 rings (SSSR count). The molecule has 1 aliphatic heterocycles. The summed E-state index contributed by atoms with van der Waals surface area (Å²) in [5, 5.41) is 2.61. The van der Waals surface area contributed by atoms with Crippen LogP contribution in [0.1, 0.15) is 54.3 Å². The number of amides is 2. The van der Waals surface area contributed by atoms with E-state index in [2.05, 4.69) is 28.5 Å². The van der Waals surface area contributed by atoms with E-state index in [4.69, 9.17) is 10.7 Å². The van der Waals surface area contributed by atoms with Crippen molar-refractivity contribution in [3.05, 3.63) is 85.6 Å². The molecular formula is C29H30F3N7O2. The number of piperidine rings is 1. The lowest BCUT2D eigenvalue weighted by molar-refractivity contribution is -0.130. The number of fused-ring (bicyclic) bond motifs is 1. The number of nitrogens with zero attached hydrogens (tertiary/aromatic N) is 5. The fourth-order valence-corrected chi connectivity index (χ4v) is 4.69. The lowest BCUT2D eigenvalue weighted by atomic mass is 10.0. The lowest BCUT2D eigenvalue weighted by Gasteiger charge is -2.34. The second-order valence-corrected chi connectivity index (χ2v) is 9.40. The fourth-order valence-electron chi connectivity index (χ4n) is 4.69. The highest BCUT2D eigenvalue weighted by Crippen LogP contribution is 2.36. The smallest absolute Gasteiger partial charge is 0.382 e. The van der Waals surface area contributed by atoms with Crippen LogP contribution in [-0.4, -0.2) is 49.6 Å². The molecule has 2 aromatic heterocycles. The summed E-state index contributed by atoms with van der Waals surface area (Å²) in [5.74, 6) is 0.426.